The van der Waals surface area contributed by atoms with Crippen LogP contribution in [0, 0.1) is 0 Å². The second kappa shape index (κ2) is 11.4. The first-order valence-corrected chi connectivity index (χ1v) is 16.6. The maximum atomic E-state index is 6.81. The van der Waals surface area contributed by atoms with Crippen LogP contribution in [-0.4, -0.2) is 24.5 Å². The van der Waals surface area contributed by atoms with Crippen LogP contribution in [0.4, 0.5) is 0 Å². The quantitative estimate of drug-likeness (QED) is 0.187. The molecule has 0 saturated carbocycles. The fraction of sp³-hybridized carbons (Fsp3) is 0. The largest absolute Gasteiger partial charge is 0.454 e. The van der Waals surface area contributed by atoms with Gasteiger partial charge in [0.05, 0.1) is 11.0 Å². The van der Waals surface area contributed by atoms with Crippen LogP contribution < -0.4 is 0 Å². The Kier molecular flexibility index (Phi) is 6.39. The summed E-state index contributed by atoms with van der Waals surface area (Å²) in [4.78, 5) is 19.6. The molecule has 0 bridgehead atoms. The summed E-state index contributed by atoms with van der Waals surface area (Å²) in [6, 6.07) is 52.0. The van der Waals surface area contributed by atoms with Crippen molar-refractivity contribution in [2.75, 3.05) is 0 Å². The lowest BCUT2D eigenvalue weighted by molar-refractivity contribution is 0.671. The van der Waals surface area contributed by atoms with Crippen molar-refractivity contribution < 1.29 is 4.42 Å². The highest BCUT2D eigenvalue weighted by molar-refractivity contribution is 6.23. The SMILES string of the molecule is c1ccc(-c2cccc(-c3nc(-c4cccnc4)nc(-c4cccc5oc6c(ccc7c8ccccc8n(-c8ccccc8)c76)c45)n3)c2)cc1. The van der Waals surface area contributed by atoms with Gasteiger partial charge in [0, 0.05) is 56.3 Å². The van der Waals surface area contributed by atoms with Crippen molar-refractivity contribution in [1.82, 2.24) is 24.5 Å². The van der Waals surface area contributed by atoms with Gasteiger partial charge < -0.3 is 8.98 Å². The molecule has 10 aromatic rings. The molecule has 0 atom stereocenters. The Morgan fingerprint density at radius 2 is 1.16 bits per heavy atom. The Balaban J connectivity index is 1.24. The number of furan rings is 1. The van der Waals surface area contributed by atoms with Crippen molar-refractivity contribution in [2.45, 2.75) is 0 Å². The number of fused-ring (bicyclic) bond motifs is 7. The van der Waals surface area contributed by atoms with Gasteiger partial charge in [-0.15, -0.1) is 0 Å². The van der Waals surface area contributed by atoms with Crippen LogP contribution in [0.2, 0.25) is 0 Å². The van der Waals surface area contributed by atoms with Gasteiger partial charge in [0.25, 0.3) is 0 Å². The van der Waals surface area contributed by atoms with Crippen molar-refractivity contribution in [2.24, 2.45) is 0 Å². The van der Waals surface area contributed by atoms with Crippen LogP contribution in [0.1, 0.15) is 0 Å². The fourth-order valence-electron chi connectivity index (χ4n) is 7.08. The summed E-state index contributed by atoms with van der Waals surface area (Å²) in [5.41, 5.74) is 9.63. The molecule has 4 heterocycles. The summed E-state index contributed by atoms with van der Waals surface area (Å²) in [7, 11) is 0. The zero-order chi connectivity index (χ0) is 33.0. The molecule has 10 rings (SSSR count). The highest BCUT2D eigenvalue weighted by Gasteiger charge is 2.22. The number of hydrogen-bond acceptors (Lipinski definition) is 5. The normalized spacial score (nSPS) is 11.6. The molecular weight excluding hydrogens is 615 g/mol. The highest BCUT2D eigenvalue weighted by Crippen LogP contribution is 2.43. The number of hydrogen-bond donors (Lipinski definition) is 0. The lowest BCUT2D eigenvalue weighted by atomic mass is 10.0. The Bertz CT molecular complexity index is 2860. The van der Waals surface area contributed by atoms with Gasteiger partial charge in [-0.3, -0.25) is 4.98 Å². The van der Waals surface area contributed by atoms with Crippen LogP contribution in [0.15, 0.2) is 168 Å². The van der Waals surface area contributed by atoms with Crippen LogP contribution in [-0.2, 0) is 0 Å². The molecule has 6 aromatic carbocycles. The number of benzene rings is 6. The molecule has 0 fully saturated rings. The molecule has 0 amide bonds. The van der Waals surface area contributed by atoms with Gasteiger partial charge in [0.1, 0.15) is 5.58 Å². The molecule has 0 saturated heterocycles. The van der Waals surface area contributed by atoms with E-state index in [4.69, 9.17) is 19.4 Å². The molecule has 0 aliphatic heterocycles. The van der Waals surface area contributed by atoms with Gasteiger partial charge in [-0.05, 0) is 59.7 Å². The third-order valence-corrected chi connectivity index (χ3v) is 9.34. The van der Waals surface area contributed by atoms with E-state index in [1.165, 1.54) is 5.39 Å². The minimum absolute atomic E-state index is 0.555. The standard InChI is InChI=1S/C44H27N5O/c1-3-12-28(13-4-1)29-14-9-15-30(26-29)42-46-43(31-16-11-25-45-27-31)48-44(47-42)36-20-10-22-38-39(36)35-24-23-34-33-19-7-8-21-37(33)49(40(34)41(35)50-38)32-17-5-2-6-18-32/h1-27H. The molecule has 0 N–H and O–H groups in total. The minimum Gasteiger partial charge on any atom is -0.454 e. The third-order valence-electron chi connectivity index (χ3n) is 9.34. The summed E-state index contributed by atoms with van der Waals surface area (Å²) in [5.74, 6) is 1.71. The molecule has 4 aromatic heterocycles. The topological polar surface area (TPSA) is 69.6 Å². The summed E-state index contributed by atoms with van der Waals surface area (Å²) in [5, 5.41) is 4.27. The van der Waals surface area contributed by atoms with E-state index in [1.807, 2.05) is 60.7 Å². The number of para-hydroxylation sites is 2. The summed E-state index contributed by atoms with van der Waals surface area (Å²) in [6.07, 6.45) is 3.54. The van der Waals surface area contributed by atoms with Gasteiger partial charge in [0.15, 0.2) is 23.1 Å². The molecule has 6 nitrogen and oxygen atoms in total. The maximum Gasteiger partial charge on any atom is 0.165 e. The first kappa shape index (κ1) is 28.1. The van der Waals surface area contributed by atoms with Crippen LogP contribution in [0.5, 0.6) is 0 Å². The molecule has 6 heteroatoms. The van der Waals surface area contributed by atoms with E-state index in [9.17, 15) is 0 Å². The third kappa shape index (κ3) is 4.50. The van der Waals surface area contributed by atoms with Crippen molar-refractivity contribution in [3.8, 4) is 51.0 Å². The second-order valence-electron chi connectivity index (χ2n) is 12.3. The predicted octanol–water partition coefficient (Wildman–Crippen LogP) is 10.9. The highest BCUT2D eigenvalue weighted by atomic mass is 16.3. The van der Waals surface area contributed by atoms with E-state index in [0.29, 0.717) is 17.5 Å². The Morgan fingerprint density at radius 1 is 0.480 bits per heavy atom. The smallest absolute Gasteiger partial charge is 0.165 e. The van der Waals surface area contributed by atoms with E-state index in [2.05, 4.69) is 101 Å². The zero-order valence-corrected chi connectivity index (χ0v) is 26.7. The van der Waals surface area contributed by atoms with E-state index in [1.54, 1.807) is 12.4 Å². The molecule has 0 spiro atoms. The van der Waals surface area contributed by atoms with Crippen LogP contribution in [0.3, 0.4) is 0 Å². The van der Waals surface area contributed by atoms with E-state index in [-0.39, 0.29) is 0 Å². The van der Waals surface area contributed by atoms with Crippen molar-refractivity contribution in [1.29, 1.82) is 0 Å². The predicted molar refractivity (Wildman–Crippen MR) is 201 cm³/mol. The van der Waals surface area contributed by atoms with Gasteiger partial charge >= 0.3 is 0 Å². The fourth-order valence-corrected chi connectivity index (χ4v) is 7.08. The van der Waals surface area contributed by atoms with Gasteiger partial charge in [-0.25, -0.2) is 15.0 Å². The Labute approximate surface area is 287 Å². The molecule has 234 valence electrons. The molecule has 50 heavy (non-hydrogen) atoms. The summed E-state index contributed by atoms with van der Waals surface area (Å²) < 4.78 is 9.11. The lowest BCUT2D eigenvalue weighted by Gasteiger charge is -2.10. The summed E-state index contributed by atoms with van der Waals surface area (Å²) >= 11 is 0. The van der Waals surface area contributed by atoms with E-state index < -0.39 is 0 Å². The number of pyridine rings is 1. The number of rotatable bonds is 5. The van der Waals surface area contributed by atoms with Gasteiger partial charge in [-0.2, -0.15) is 0 Å². The van der Waals surface area contributed by atoms with Crippen molar-refractivity contribution >= 4 is 43.7 Å². The molecule has 0 radical (unpaired) electrons. The van der Waals surface area contributed by atoms with E-state index in [0.717, 1.165) is 71.9 Å². The van der Waals surface area contributed by atoms with Crippen molar-refractivity contribution in [3.05, 3.63) is 164 Å². The number of nitrogens with zero attached hydrogens (tertiary/aromatic N) is 5. The van der Waals surface area contributed by atoms with E-state index >= 15 is 0 Å². The molecular formula is C44H27N5O. The van der Waals surface area contributed by atoms with Crippen LogP contribution >= 0.6 is 0 Å². The van der Waals surface area contributed by atoms with Crippen LogP contribution in [0.25, 0.3) is 94.7 Å². The second-order valence-corrected chi connectivity index (χ2v) is 12.3. The average Bonchev–Trinajstić information content (AvgIpc) is 3.75. The Hall–Kier alpha value is -6.92. The monoisotopic (exact) mass is 641 g/mol. The number of aromatic nitrogens is 5. The molecule has 0 aliphatic carbocycles. The minimum atomic E-state index is 0.555. The zero-order valence-electron chi connectivity index (χ0n) is 26.7. The Morgan fingerprint density at radius 3 is 2.00 bits per heavy atom. The summed E-state index contributed by atoms with van der Waals surface area (Å²) in [6.45, 7) is 0. The van der Waals surface area contributed by atoms with Crippen molar-refractivity contribution in [3.63, 3.8) is 0 Å². The maximum absolute atomic E-state index is 6.81. The van der Waals surface area contributed by atoms with Gasteiger partial charge in [-0.1, -0.05) is 103 Å². The lowest BCUT2D eigenvalue weighted by Crippen LogP contribution is -2.00. The molecule has 0 aliphatic rings. The van der Waals surface area contributed by atoms with Gasteiger partial charge in [0.2, 0.25) is 0 Å². The molecule has 0 unspecified atom stereocenters. The first-order valence-electron chi connectivity index (χ1n) is 16.6. The first-order chi connectivity index (χ1) is 24.8. The average molecular weight is 642 g/mol.